The summed E-state index contributed by atoms with van der Waals surface area (Å²) in [5.41, 5.74) is -0.137. The minimum absolute atomic E-state index is 0.0541. The monoisotopic (exact) mass is 311 g/mol. The van der Waals surface area contributed by atoms with Gasteiger partial charge in [-0.2, -0.15) is 0 Å². The van der Waals surface area contributed by atoms with Gasteiger partial charge in [0.05, 0.1) is 0 Å². The predicted octanol–water partition coefficient (Wildman–Crippen LogP) is 1.15. The van der Waals surface area contributed by atoms with Gasteiger partial charge in [0.1, 0.15) is 0 Å². The van der Waals surface area contributed by atoms with Crippen LogP contribution in [0.1, 0.15) is 20.3 Å². The molecule has 0 fully saturated rings. The molecule has 0 saturated heterocycles. The molecule has 1 heterocycles. The molecule has 0 N–H and O–H groups in total. The number of aromatic nitrogens is 3. The van der Waals surface area contributed by atoms with Crippen molar-refractivity contribution in [2.24, 2.45) is 7.05 Å². The van der Waals surface area contributed by atoms with Crippen LogP contribution in [0, 0.1) is 0 Å². The van der Waals surface area contributed by atoms with E-state index in [4.69, 9.17) is 4.74 Å². The Morgan fingerprint density at radius 3 is 2.64 bits per heavy atom. The van der Waals surface area contributed by atoms with Crippen molar-refractivity contribution in [3.63, 3.8) is 0 Å². The van der Waals surface area contributed by atoms with Gasteiger partial charge in [-0.05, 0) is 35.9 Å². The van der Waals surface area contributed by atoms with E-state index < -0.39 is 0 Å². The van der Waals surface area contributed by atoms with Crippen molar-refractivity contribution in [3.05, 3.63) is 10.5 Å². The van der Waals surface area contributed by atoms with Crippen molar-refractivity contribution in [1.29, 1.82) is 0 Å². The predicted molar refractivity (Wildman–Crippen MR) is 61.9 cm³/mol. The van der Waals surface area contributed by atoms with E-state index in [1.54, 1.807) is 7.05 Å². The lowest BCUT2D eigenvalue weighted by atomic mass is 10.5. The molecule has 0 aliphatic heterocycles. The summed E-state index contributed by atoms with van der Waals surface area (Å²) in [6, 6.07) is 0.387. The van der Waals surface area contributed by atoms with E-state index in [9.17, 15) is 4.79 Å². The van der Waals surface area contributed by atoms with E-state index in [1.807, 2.05) is 13.8 Å². The van der Waals surface area contributed by atoms with Crippen molar-refractivity contribution in [2.45, 2.75) is 30.9 Å². The Labute approximate surface area is 96.2 Å². The Hall–Kier alpha value is -0.530. The lowest BCUT2D eigenvalue weighted by Gasteiger charge is -2.07. The van der Waals surface area contributed by atoms with E-state index in [2.05, 4.69) is 27.7 Å². The number of alkyl halides is 1. The van der Waals surface area contributed by atoms with Gasteiger partial charge in [-0.1, -0.05) is 6.92 Å². The van der Waals surface area contributed by atoms with Crippen molar-refractivity contribution in [1.82, 2.24) is 14.3 Å². The highest BCUT2D eigenvalue weighted by Gasteiger charge is 2.12. The van der Waals surface area contributed by atoms with E-state index in [1.165, 1.54) is 9.25 Å². The lowest BCUT2D eigenvalue weighted by Crippen LogP contribution is -2.22. The molecule has 6 heteroatoms. The zero-order chi connectivity index (χ0) is 10.7. The number of rotatable bonds is 4. The van der Waals surface area contributed by atoms with Gasteiger partial charge in [-0.3, -0.25) is 0 Å². The molecule has 0 radical (unpaired) electrons. The Bertz CT molecular complexity index is 358. The maximum Gasteiger partial charge on any atom is 0.348 e. The third kappa shape index (κ3) is 2.28. The molecule has 14 heavy (non-hydrogen) atoms. The molecular formula is C8H14IN3O2. The summed E-state index contributed by atoms with van der Waals surface area (Å²) in [6.07, 6.45) is 0.883. The Morgan fingerprint density at radius 2 is 2.21 bits per heavy atom. The van der Waals surface area contributed by atoms with Crippen LogP contribution in [-0.2, 0) is 13.6 Å². The molecule has 1 atom stereocenters. The molecule has 1 aromatic heterocycles. The van der Waals surface area contributed by atoms with Gasteiger partial charge in [0, 0.05) is 13.6 Å². The molecule has 5 nitrogen and oxygen atoms in total. The fourth-order valence-electron chi connectivity index (χ4n) is 0.974. The van der Waals surface area contributed by atoms with Gasteiger partial charge in [0.15, 0.2) is 4.11 Å². The van der Waals surface area contributed by atoms with Crippen LogP contribution < -0.4 is 10.4 Å². The number of hydrogen-bond acceptors (Lipinski definition) is 3. The smallest absolute Gasteiger partial charge is 0.348 e. The quantitative estimate of drug-likeness (QED) is 0.619. The molecular weight excluding hydrogens is 297 g/mol. The SMILES string of the molecule is CCC(I)Oc1nn(CC)c(=O)n1C. The summed E-state index contributed by atoms with van der Waals surface area (Å²) in [5.74, 6) is 0. The first-order chi connectivity index (χ1) is 6.60. The molecule has 1 rings (SSSR count). The van der Waals surface area contributed by atoms with E-state index >= 15 is 0 Å². The average Bonchev–Trinajstić information content (AvgIpc) is 2.45. The molecule has 0 saturated carbocycles. The van der Waals surface area contributed by atoms with Gasteiger partial charge >= 0.3 is 11.7 Å². The molecule has 0 aromatic carbocycles. The van der Waals surface area contributed by atoms with Crippen LogP contribution in [0.2, 0.25) is 0 Å². The van der Waals surface area contributed by atoms with Crippen LogP contribution in [-0.4, -0.2) is 18.5 Å². The van der Waals surface area contributed by atoms with Crippen molar-refractivity contribution < 1.29 is 4.74 Å². The maximum atomic E-state index is 11.5. The highest BCUT2D eigenvalue weighted by molar-refractivity contribution is 14.1. The summed E-state index contributed by atoms with van der Waals surface area (Å²) >= 11 is 2.17. The summed E-state index contributed by atoms with van der Waals surface area (Å²) in [7, 11) is 1.66. The van der Waals surface area contributed by atoms with Gasteiger partial charge in [-0.25, -0.2) is 14.0 Å². The third-order valence-corrected chi connectivity index (χ3v) is 2.99. The van der Waals surface area contributed by atoms with Crippen molar-refractivity contribution in [2.75, 3.05) is 0 Å². The molecule has 0 bridgehead atoms. The van der Waals surface area contributed by atoms with Gasteiger partial charge in [0.25, 0.3) is 0 Å². The van der Waals surface area contributed by atoms with Crippen LogP contribution >= 0.6 is 22.6 Å². The fourth-order valence-corrected chi connectivity index (χ4v) is 1.20. The van der Waals surface area contributed by atoms with E-state index in [0.717, 1.165) is 6.42 Å². The Kier molecular flexibility index (Phi) is 3.97. The average molecular weight is 311 g/mol. The fraction of sp³-hybridized carbons (Fsp3) is 0.750. The zero-order valence-electron chi connectivity index (χ0n) is 8.53. The number of ether oxygens (including phenoxy) is 1. The molecule has 80 valence electrons. The number of halogens is 1. The summed E-state index contributed by atoms with van der Waals surface area (Å²) in [6.45, 7) is 4.46. The van der Waals surface area contributed by atoms with E-state index in [0.29, 0.717) is 12.6 Å². The first-order valence-electron chi connectivity index (χ1n) is 4.54. The molecule has 0 aliphatic rings. The molecule has 0 aliphatic carbocycles. The van der Waals surface area contributed by atoms with Gasteiger partial charge < -0.3 is 4.74 Å². The van der Waals surface area contributed by atoms with Gasteiger partial charge in [0.2, 0.25) is 0 Å². The second-order valence-corrected chi connectivity index (χ2v) is 4.27. The topological polar surface area (TPSA) is 49.1 Å². The minimum Gasteiger partial charge on any atom is -0.450 e. The molecule has 0 amide bonds. The molecule has 0 spiro atoms. The highest BCUT2D eigenvalue weighted by atomic mass is 127. The number of aryl methyl sites for hydroxylation is 1. The normalized spacial score (nSPS) is 12.9. The first kappa shape index (κ1) is 11.5. The van der Waals surface area contributed by atoms with Crippen molar-refractivity contribution >= 4 is 22.6 Å². The summed E-state index contributed by atoms with van der Waals surface area (Å²) in [4.78, 5) is 11.5. The lowest BCUT2D eigenvalue weighted by molar-refractivity contribution is 0.263. The van der Waals surface area contributed by atoms with Crippen LogP contribution in [0.4, 0.5) is 0 Å². The molecule has 1 unspecified atom stereocenters. The second-order valence-electron chi connectivity index (χ2n) is 2.88. The maximum absolute atomic E-state index is 11.5. The molecule has 1 aromatic rings. The summed E-state index contributed by atoms with van der Waals surface area (Å²) in [5, 5.41) is 4.06. The number of hydrogen-bond donors (Lipinski definition) is 0. The third-order valence-electron chi connectivity index (χ3n) is 1.85. The van der Waals surface area contributed by atoms with Gasteiger partial charge in [-0.15, -0.1) is 5.10 Å². The highest BCUT2D eigenvalue weighted by Crippen LogP contribution is 2.11. The summed E-state index contributed by atoms with van der Waals surface area (Å²) < 4.78 is 8.33. The van der Waals surface area contributed by atoms with E-state index in [-0.39, 0.29) is 9.80 Å². The zero-order valence-corrected chi connectivity index (χ0v) is 10.7. The first-order valence-corrected chi connectivity index (χ1v) is 5.79. The standard InChI is InChI=1S/C8H14IN3O2/c1-4-6(9)14-7-10-12(5-2)8(13)11(7)3/h6H,4-5H2,1-3H3. The second kappa shape index (κ2) is 4.81. The minimum atomic E-state index is -0.137. The largest absolute Gasteiger partial charge is 0.450 e. The number of nitrogens with zero attached hydrogens (tertiary/aromatic N) is 3. The Morgan fingerprint density at radius 1 is 1.57 bits per heavy atom. The van der Waals surface area contributed by atoms with Crippen LogP contribution in [0.15, 0.2) is 4.79 Å². The van der Waals surface area contributed by atoms with Crippen molar-refractivity contribution in [3.8, 4) is 6.01 Å². The van der Waals surface area contributed by atoms with Crippen LogP contribution in [0.25, 0.3) is 0 Å². The van der Waals surface area contributed by atoms with Crippen LogP contribution in [0.5, 0.6) is 6.01 Å². The Balaban J connectivity index is 2.93. The van der Waals surface area contributed by atoms with Crippen LogP contribution in [0.3, 0.4) is 0 Å².